The van der Waals surface area contributed by atoms with E-state index in [2.05, 4.69) is 31.3 Å². The Morgan fingerprint density at radius 2 is 1.56 bits per heavy atom. The molecule has 0 unspecified atom stereocenters. The van der Waals surface area contributed by atoms with Crippen molar-refractivity contribution in [3.05, 3.63) is 90.0 Å². The summed E-state index contributed by atoms with van der Waals surface area (Å²) < 4.78 is 27.8. The molecule has 3 aromatic rings. The molecule has 210 valence electrons. The molecular weight excluding hydrogens is 512 g/mol. The fourth-order valence-corrected chi connectivity index (χ4v) is 5.75. The zero-order chi connectivity index (χ0) is 28.5. The van der Waals surface area contributed by atoms with E-state index in [9.17, 15) is 18.3 Å². The minimum absolute atomic E-state index is 0.0325. The number of carboxylic acid groups (broad SMARTS) is 1. The Morgan fingerprint density at radius 3 is 2.26 bits per heavy atom. The molecule has 0 aromatic heterocycles. The van der Waals surface area contributed by atoms with Gasteiger partial charge in [-0.2, -0.15) is 4.31 Å². The first kappa shape index (κ1) is 30.5. The lowest BCUT2D eigenvalue weighted by molar-refractivity contribution is -0.136. The van der Waals surface area contributed by atoms with Gasteiger partial charge in [0, 0.05) is 32.1 Å². The maximum absolute atomic E-state index is 13.3. The zero-order valence-corrected chi connectivity index (χ0v) is 23.8. The molecule has 0 bridgehead atoms. The second-order valence-electron chi connectivity index (χ2n) is 10.7. The standard InChI is InChI=1S/C31H40N2O5S/c1-31(2,19-9-13-24-10-5-4-6-11-24)32-22-28(34)23-33(3)39(37,38)29-16-8-15-27(21-29)26-14-7-12-25(20-26)17-18-30(35)36/h4-8,10-12,14-16,20-21,28,32,34H,9,13,17-19,22-23H2,1-3H3,(H,35,36)/t28-/m1/s1. The maximum Gasteiger partial charge on any atom is 0.303 e. The SMILES string of the molecule is CN(C[C@H](O)CNC(C)(C)CCCc1ccccc1)S(=O)(=O)c1cccc(-c2cccc(CCC(=O)O)c2)c1. The predicted octanol–water partition coefficient (Wildman–Crippen LogP) is 4.74. The van der Waals surface area contributed by atoms with Gasteiger partial charge in [-0.05, 0) is 73.9 Å². The van der Waals surface area contributed by atoms with Crippen LogP contribution in [0, 0.1) is 0 Å². The summed E-state index contributed by atoms with van der Waals surface area (Å²) in [5.74, 6) is -0.861. The first-order valence-corrected chi connectivity index (χ1v) is 14.7. The first-order chi connectivity index (χ1) is 18.5. The van der Waals surface area contributed by atoms with Crippen molar-refractivity contribution < 1.29 is 23.4 Å². The van der Waals surface area contributed by atoms with Crippen LogP contribution in [0.15, 0.2) is 83.8 Å². The topological polar surface area (TPSA) is 107 Å². The van der Waals surface area contributed by atoms with Crippen LogP contribution in [-0.4, -0.2) is 60.7 Å². The number of hydrogen-bond acceptors (Lipinski definition) is 5. The summed E-state index contributed by atoms with van der Waals surface area (Å²) >= 11 is 0. The maximum atomic E-state index is 13.3. The third-order valence-electron chi connectivity index (χ3n) is 6.82. The Balaban J connectivity index is 1.57. The number of aliphatic carboxylic acids is 1. The summed E-state index contributed by atoms with van der Waals surface area (Å²) in [6, 6.07) is 24.5. The molecule has 0 aliphatic rings. The summed E-state index contributed by atoms with van der Waals surface area (Å²) in [5.41, 5.74) is 3.52. The van der Waals surface area contributed by atoms with Gasteiger partial charge in [-0.3, -0.25) is 4.79 Å². The van der Waals surface area contributed by atoms with Crippen molar-refractivity contribution in [3.8, 4) is 11.1 Å². The van der Waals surface area contributed by atoms with Crippen LogP contribution in [0.5, 0.6) is 0 Å². The highest BCUT2D eigenvalue weighted by Gasteiger charge is 2.25. The number of aliphatic hydroxyl groups excluding tert-OH is 1. The molecule has 0 heterocycles. The Bertz CT molecular complexity index is 1330. The molecule has 0 radical (unpaired) electrons. The van der Waals surface area contributed by atoms with Crippen molar-refractivity contribution in [2.45, 2.75) is 62.5 Å². The minimum Gasteiger partial charge on any atom is -0.481 e. The Kier molecular flexibility index (Phi) is 10.8. The number of aryl methyl sites for hydroxylation is 2. The van der Waals surface area contributed by atoms with Gasteiger partial charge >= 0.3 is 5.97 Å². The smallest absolute Gasteiger partial charge is 0.303 e. The molecule has 3 rings (SSSR count). The highest BCUT2D eigenvalue weighted by atomic mass is 32.2. The third-order valence-corrected chi connectivity index (χ3v) is 8.64. The number of nitrogens with one attached hydrogen (secondary N) is 1. The minimum atomic E-state index is -3.83. The molecule has 0 amide bonds. The Hall–Kier alpha value is -3.04. The molecule has 0 saturated heterocycles. The molecule has 0 aliphatic heterocycles. The third kappa shape index (κ3) is 9.58. The second-order valence-corrected chi connectivity index (χ2v) is 12.7. The summed E-state index contributed by atoms with van der Waals surface area (Å²) in [6.45, 7) is 4.42. The van der Waals surface area contributed by atoms with E-state index < -0.39 is 22.1 Å². The number of likely N-dealkylation sites (N-methyl/N-ethyl adjacent to an activating group) is 1. The van der Waals surface area contributed by atoms with Crippen LogP contribution < -0.4 is 5.32 Å². The van der Waals surface area contributed by atoms with Crippen LogP contribution in [-0.2, 0) is 27.7 Å². The van der Waals surface area contributed by atoms with Crippen LogP contribution in [0.4, 0.5) is 0 Å². The normalized spacial score (nSPS) is 12.9. The van der Waals surface area contributed by atoms with Crippen molar-refractivity contribution in [1.29, 1.82) is 0 Å². The molecule has 0 fully saturated rings. The molecular formula is C31H40N2O5S. The summed E-state index contributed by atoms with van der Waals surface area (Å²) in [6.07, 6.45) is 2.48. The number of hydrogen-bond donors (Lipinski definition) is 3. The Morgan fingerprint density at radius 1 is 0.923 bits per heavy atom. The van der Waals surface area contributed by atoms with Gasteiger partial charge in [0.15, 0.2) is 0 Å². The number of nitrogens with zero attached hydrogens (tertiary/aromatic N) is 1. The van der Waals surface area contributed by atoms with Crippen LogP contribution in [0.2, 0.25) is 0 Å². The molecule has 0 spiro atoms. The van der Waals surface area contributed by atoms with Crippen LogP contribution in [0.25, 0.3) is 11.1 Å². The van der Waals surface area contributed by atoms with Crippen LogP contribution >= 0.6 is 0 Å². The Labute approximate surface area is 232 Å². The quantitative estimate of drug-likeness (QED) is 0.251. The molecule has 0 aliphatic carbocycles. The van der Waals surface area contributed by atoms with Crippen molar-refractivity contribution in [1.82, 2.24) is 9.62 Å². The summed E-state index contributed by atoms with van der Waals surface area (Å²) in [7, 11) is -2.35. The molecule has 3 aromatic carbocycles. The highest BCUT2D eigenvalue weighted by molar-refractivity contribution is 7.89. The number of sulfonamides is 1. The van der Waals surface area contributed by atoms with E-state index in [0.717, 1.165) is 36.0 Å². The van der Waals surface area contributed by atoms with Gasteiger partial charge in [0.05, 0.1) is 11.0 Å². The van der Waals surface area contributed by atoms with E-state index in [4.69, 9.17) is 5.11 Å². The molecule has 3 N–H and O–H groups in total. The fourth-order valence-electron chi connectivity index (χ4n) is 4.49. The van der Waals surface area contributed by atoms with E-state index >= 15 is 0 Å². The highest BCUT2D eigenvalue weighted by Crippen LogP contribution is 2.25. The molecule has 0 saturated carbocycles. The van der Waals surface area contributed by atoms with Crippen molar-refractivity contribution in [3.63, 3.8) is 0 Å². The van der Waals surface area contributed by atoms with E-state index in [1.165, 1.54) is 16.9 Å². The lowest BCUT2D eigenvalue weighted by Gasteiger charge is -2.29. The van der Waals surface area contributed by atoms with Crippen molar-refractivity contribution in [2.75, 3.05) is 20.1 Å². The van der Waals surface area contributed by atoms with Gasteiger partial charge in [0.25, 0.3) is 0 Å². The average molecular weight is 553 g/mol. The summed E-state index contributed by atoms with van der Waals surface area (Å²) in [4.78, 5) is 11.0. The molecule has 1 atom stereocenters. The number of rotatable bonds is 15. The number of aliphatic hydroxyl groups is 1. The van der Waals surface area contributed by atoms with Crippen molar-refractivity contribution in [2.24, 2.45) is 0 Å². The van der Waals surface area contributed by atoms with E-state index in [0.29, 0.717) is 6.42 Å². The van der Waals surface area contributed by atoms with E-state index in [1.54, 1.807) is 18.2 Å². The van der Waals surface area contributed by atoms with Gasteiger partial charge in [-0.15, -0.1) is 0 Å². The average Bonchev–Trinajstić information content (AvgIpc) is 2.91. The van der Waals surface area contributed by atoms with Gasteiger partial charge in [0.2, 0.25) is 10.0 Å². The van der Waals surface area contributed by atoms with E-state index in [-0.39, 0.29) is 29.9 Å². The molecule has 39 heavy (non-hydrogen) atoms. The zero-order valence-electron chi connectivity index (χ0n) is 23.0. The first-order valence-electron chi connectivity index (χ1n) is 13.3. The molecule has 7 nitrogen and oxygen atoms in total. The lowest BCUT2D eigenvalue weighted by atomic mass is 9.95. The fraction of sp³-hybridized carbons (Fsp3) is 0.387. The predicted molar refractivity (Wildman–Crippen MR) is 155 cm³/mol. The number of carbonyl (C=O) groups is 1. The number of benzene rings is 3. The second kappa shape index (κ2) is 13.8. The van der Waals surface area contributed by atoms with Gasteiger partial charge in [-0.25, -0.2) is 8.42 Å². The van der Waals surface area contributed by atoms with Crippen LogP contribution in [0.3, 0.4) is 0 Å². The van der Waals surface area contributed by atoms with Gasteiger partial charge < -0.3 is 15.5 Å². The lowest BCUT2D eigenvalue weighted by Crippen LogP contribution is -2.46. The number of carboxylic acids is 1. The van der Waals surface area contributed by atoms with Gasteiger partial charge in [0.1, 0.15) is 0 Å². The monoisotopic (exact) mass is 552 g/mol. The summed E-state index contributed by atoms with van der Waals surface area (Å²) in [5, 5.41) is 23.0. The van der Waals surface area contributed by atoms with Crippen molar-refractivity contribution >= 4 is 16.0 Å². The van der Waals surface area contributed by atoms with Gasteiger partial charge in [-0.1, -0.05) is 66.7 Å². The largest absolute Gasteiger partial charge is 0.481 e. The number of β-amino-alcohol motifs (C(OH)–C–C–N with tert-alkyl or cyclic N) is 1. The molecule has 8 heteroatoms. The van der Waals surface area contributed by atoms with E-state index in [1.807, 2.05) is 48.5 Å². The van der Waals surface area contributed by atoms with Crippen LogP contribution in [0.1, 0.15) is 44.2 Å².